The van der Waals surface area contributed by atoms with Gasteiger partial charge in [0, 0.05) is 12.8 Å². The maximum Gasteiger partial charge on any atom is 0.377 e. The number of allylic oxidation sites excluding steroid dienone is 1. The average Bonchev–Trinajstić information content (AvgIpc) is 3.20. The van der Waals surface area contributed by atoms with Gasteiger partial charge in [0.1, 0.15) is 26.4 Å². The van der Waals surface area contributed by atoms with Gasteiger partial charge in [-0.25, -0.2) is 0 Å². The number of esters is 2. The van der Waals surface area contributed by atoms with Crippen molar-refractivity contribution in [2.75, 3.05) is 47.5 Å². The summed E-state index contributed by atoms with van der Waals surface area (Å²) in [6, 6.07) is 0. The van der Waals surface area contributed by atoms with Crippen molar-refractivity contribution in [3.8, 4) is 0 Å². The largest absolute Gasteiger partial charge is 0.606 e. The van der Waals surface area contributed by atoms with Crippen molar-refractivity contribution in [1.82, 2.24) is 0 Å². The average molecular weight is 871 g/mol. The molecule has 1 N–H and O–H groups in total. The number of carbonyl (C=O) groups excluding carboxylic acids is 2. The standard InChI is InChI=1S/C50H96NO8P/c1-6-8-10-12-14-16-18-20-22-23-24-25-26-27-29-30-32-34-36-38-40-42-49(52)56-46-48(47-58-60(54,55)57-45-44-51(3,4)5)59-50(53)43-41-39-37-35-33-31-28-21-19-17-15-13-11-9-7-2/h19,28,48H,6-18,20,22-27,29-47H2,1-5H3/p+1. The van der Waals surface area contributed by atoms with Crippen molar-refractivity contribution < 1.29 is 42.4 Å². The van der Waals surface area contributed by atoms with Gasteiger partial charge in [-0.3, -0.25) is 9.59 Å². The minimum absolute atomic E-state index is 0.0302. The van der Waals surface area contributed by atoms with Crippen LogP contribution in [0.5, 0.6) is 0 Å². The number of unbranched alkanes of at least 4 members (excludes halogenated alkanes) is 30. The zero-order valence-corrected chi connectivity index (χ0v) is 40.9. The van der Waals surface area contributed by atoms with Crippen LogP contribution in [0.3, 0.4) is 0 Å². The van der Waals surface area contributed by atoms with Crippen LogP contribution in [0.2, 0.25) is 0 Å². The smallest absolute Gasteiger partial charge is 0.377 e. The lowest BCUT2D eigenvalue weighted by molar-refractivity contribution is -0.870. The highest BCUT2D eigenvalue weighted by Gasteiger charge is 2.31. The summed E-state index contributed by atoms with van der Waals surface area (Å²) in [5, 5.41) is 0. The Morgan fingerprint density at radius 1 is 0.550 bits per heavy atom. The van der Waals surface area contributed by atoms with E-state index in [9.17, 15) is 19.4 Å². The number of likely N-dealkylation sites (N-methyl/N-ethyl adjacent to an activating group) is 1. The van der Waals surface area contributed by atoms with Gasteiger partial charge in [0.25, 0.3) is 0 Å². The van der Waals surface area contributed by atoms with Crippen LogP contribution in [0.1, 0.15) is 239 Å². The lowest BCUT2D eigenvalue weighted by Crippen LogP contribution is -2.38. The molecule has 2 atom stereocenters. The van der Waals surface area contributed by atoms with Crippen molar-refractivity contribution in [2.45, 2.75) is 245 Å². The molecule has 0 aliphatic rings. The predicted octanol–water partition coefficient (Wildman–Crippen LogP) is 13.6. The van der Waals surface area contributed by atoms with Gasteiger partial charge in [-0.2, -0.15) is 13.9 Å². The third kappa shape index (κ3) is 46.2. The highest BCUT2D eigenvalue weighted by Crippen LogP contribution is 2.47. The Morgan fingerprint density at radius 3 is 1.32 bits per heavy atom. The van der Waals surface area contributed by atoms with E-state index in [1.807, 2.05) is 21.1 Å². The van der Waals surface area contributed by atoms with E-state index in [1.54, 1.807) is 0 Å². The summed E-state index contributed by atoms with van der Waals surface area (Å²) >= 11 is 0. The minimum atomic E-state index is -4.38. The fourth-order valence-electron chi connectivity index (χ4n) is 7.11. The summed E-state index contributed by atoms with van der Waals surface area (Å²) < 4.78 is 21.9. The molecule has 0 rings (SSSR count). The van der Waals surface area contributed by atoms with Gasteiger partial charge >= 0.3 is 20.1 Å². The topological polar surface area (TPSA) is 114 Å². The van der Waals surface area contributed by atoms with E-state index < -0.39 is 26.9 Å². The minimum Gasteiger partial charge on any atom is -0.606 e. The number of rotatable bonds is 46. The monoisotopic (exact) mass is 871 g/mol. The lowest BCUT2D eigenvalue weighted by Gasteiger charge is -2.26. The molecule has 0 aliphatic heterocycles. The molecule has 0 saturated carbocycles. The maximum atomic E-state index is 12.7. The van der Waals surface area contributed by atoms with Crippen LogP contribution in [0, 0.1) is 0 Å². The fraction of sp³-hybridized carbons (Fsp3) is 0.900. The molecular formula is C50H97NO8P+. The molecule has 0 aromatic carbocycles. The van der Waals surface area contributed by atoms with Crippen molar-refractivity contribution in [3.05, 3.63) is 17.9 Å². The van der Waals surface area contributed by atoms with Gasteiger partial charge in [-0.15, -0.1) is 5.73 Å². The van der Waals surface area contributed by atoms with E-state index in [0.29, 0.717) is 23.9 Å². The Bertz CT molecular complexity index is 1030. The number of hydrogen-bond acceptors (Lipinski definition) is 8. The zero-order chi connectivity index (χ0) is 44.3. The van der Waals surface area contributed by atoms with Crippen LogP contribution in [0.15, 0.2) is 17.9 Å². The van der Waals surface area contributed by atoms with Gasteiger partial charge in [0.2, 0.25) is 0 Å². The molecule has 0 fully saturated rings. The molecule has 9 nitrogen and oxygen atoms in total. The molecule has 0 heterocycles. The van der Waals surface area contributed by atoms with Crippen LogP contribution < -0.4 is 4.89 Å². The predicted molar refractivity (Wildman–Crippen MR) is 250 cm³/mol. The first-order chi connectivity index (χ1) is 29.0. The Hall–Kier alpha value is -1.31. The number of hydrogen-bond donors (Lipinski definition) is 1. The zero-order valence-electron chi connectivity index (χ0n) is 40.0. The van der Waals surface area contributed by atoms with E-state index in [1.165, 1.54) is 148 Å². The lowest BCUT2D eigenvalue weighted by atomic mass is 10.0. The molecule has 0 spiro atoms. The molecule has 0 aliphatic carbocycles. The highest BCUT2D eigenvalue weighted by atomic mass is 31.2. The van der Waals surface area contributed by atoms with E-state index in [2.05, 4.69) is 31.7 Å². The summed E-state index contributed by atoms with van der Waals surface area (Å²) in [4.78, 5) is 48.0. The fourth-order valence-corrected chi connectivity index (χ4v) is 7.85. The number of ether oxygens (including phenoxy) is 2. The van der Waals surface area contributed by atoms with E-state index in [-0.39, 0.29) is 25.6 Å². The number of quaternary nitrogens is 1. The second kappa shape index (κ2) is 43.0. The van der Waals surface area contributed by atoms with Crippen LogP contribution in [0.4, 0.5) is 0 Å². The number of phosphoric acid groups is 1. The molecule has 2 unspecified atom stereocenters. The quantitative estimate of drug-likeness (QED) is 0.0211. The molecule has 0 aromatic rings. The van der Waals surface area contributed by atoms with Crippen molar-refractivity contribution in [2.24, 2.45) is 0 Å². The molecule has 0 amide bonds. The summed E-state index contributed by atoms with van der Waals surface area (Å²) in [5.74, 6) is -0.807. The Labute approximate surface area is 371 Å². The van der Waals surface area contributed by atoms with Gasteiger partial charge in [0.15, 0.2) is 6.10 Å². The molecule has 0 saturated heterocycles. The van der Waals surface area contributed by atoms with Crippen LogP contribution in [0.25, 0.3) is 0 Å². The molecule has 354 valence electrons. The molecule has 10 heteroatoms. The van der Waals surface area contributed by atoms with Crippen LogP contribution in [-0.4, -0.2) is 74.9 Å². The third-order valence-electron chi connectivity index (χ3n) is 11.1. The van der Waals surface area contributed by atoms with Crippen molar-refractivity contribution in [1.29, 1.82) is 0 Å². The highest BCUT2D eigenvalue weighted by molar-refractivity contribution is 7.52. The summed E-state index contributed by atoms with van der Waals surface area (Å²) in [6.07, 6.45) is 44.7. The molecule has 60 heavy (non-hydrogen) atoms. The second-order valence-corrected chi connectivity index (χ2v) is 19.8. The molecule has 0 radical (unpaired) electrons. The Morgan fingerprint density at radius 2 is 0.917 bits per heavy atom. The van der Waals surface area contributed by atoms with Gasteiger partial charge < -0.3 is 18.9 Å². The molecule has 0 aromatic heterocycles. The van der Waals surface area contributed by atoms with Crippen molar-refractivity contribution in [3.63, 3.8) is 0 Å². The van der Waals surface area contributed by atoms with E-state index in [0.717, 1.165) is 57.8 Å². The molecular weight excluding hydrogens is 774 g/mol. The first-order valence-electron chi connectivity index (χ1n) is 25.2. The summed E-state index contributed by atoms with van der Waals surface area (Å²) in [7, 11) is 1.47. The normalized spacial score (nSPS) is 13.1. The first-order valence-corrected chi connectivity index (χ1v) is 26.7. The first kappa shape index (κ1) is 58.7. The van der Waals surface area contributed by atoms with Gasteiger partial charge in [-0.05, 0) is 50.7 Å². The SMILES string of the molecule is CCCCCCCC=C=CCCCCCCCC(=O)OC(COC(=O)CCCCCCCCCCCCCCCCCCCCCCC)CO[P+]([O-])(O)OCC[N+](C)(C)C. The van der Waals surface area contributed by atoms with Crippen LogP contribution in [-0.2, 0) is 28.1 Å². The van der Waals surface area contributed by atoms with E-state index >= 15 is 0 Å². The molecule has 0 bridgehead atoms. The van der Waals surface area contributed by atoms with Crippen LogP contribution >= 0.6 is 8.17 Å². The number of phosphoric ester groups is 1. The van der Waals surface area contributed by atoms with Gasteiger partial charge in [-0.1, -0.05) is 187 Å². The third-order valence-corrected chi connectivity index (χ3v) is 12.1. The Kier molecular flexibility index (Phi) is 42.0. The maximum absolute atomic E-state index is 12.7. The summed E-state index contributed by atoms with van der Waals surface area (Å²) in [5.41, 5.74) is 3.31. The summed E-state index contributed by atoms with van der Waals surface area (Å²) in [6.45, 7) is 4.42. The van der Waals surface area contributed by atoms with E-state index in [4.69, 9.17) is 18.5 Å². The van der Waals surface area contributed by atoms with Gasteiger partial charge in [0.05, 0.1) is 21.1 Å². The number of carbonyl (C=O) groups is 2. The van der Waals surface area contributed by atoms with Crippen molar-refractivity contribution >= 4 is 20.1 Å². The second-order valence-electron chi connectivity index (χ2n) is 18.3. The Balaban J connectivity index is 4.23. The number of nitrogens with zero attached hydrogens (tertiary/aromatic N) is 1.